The normalized spacial score (nSPS) is 12.4. The highest BCUT2D eigenvalue weighted by atomic mass is 32.1. The molecule has 0 fully saturated rings. The summed E-state index contributed by atoms with van der Waals surface area (Å²) >= 11 is 1.77. The molecule has 4 nitrogen and oxygen atoms in total. The second-order valence-electron chi connectivity index (χ2n) is 4.95. The summed E-state index contributed by atoms with van der Waals surface area (Å²) in [5.41, 5.74) is 2.24. The Morgan fingerprint density at radius 2 is 2.20 bits per heavy atom. The van der Waals surface area contributed by atoms with Crippen molar-refractivity contribution < 1.29 is 0 Å². The monoisotopic (exact) mass is 290 g/mol. The molecule has 0 amide bonds. The Morgan fingerprint density at radius 1 is 1.40 bits per heavy atom. The number of pyridine rings is 1. The Morgan fingerprint density at radius 3 is 2.85 bits per heavy atom. The number of nitrogens with zero attached hydrogens (tertiary/aromatic N) is 3. The molecule has 0 aromatic carbocycles. The molecule has 0 aliphatic rings. The minimum atomic E-state index is 0.352. The number of aromatic nitrogens is 2. The van der Waals surface area contributed by atoms with Gasteiger partial charge in [-0.15, -0.1) is 11.3 Å². The van der Waals surface area contributed by atoms with E-state index in [0.717, 1.165) is 29.5 Å². The highest BCUT2D eigenvalue weighted by molar-refractivity contribution is 7.15. The molecular formula is C15H22N4S. The highest BCUT2D eigenvalue weighted by Crippen LogP contribution is 2.29. The molecule has 0 spiro atoms. The molecule has 2 rings (SSSR count). The van der Waals surface area contributed by atoms with E-state index in [1.165, 1.54) is 4.88 Å². The number of likely N-dealkylation sites (N-methyl/N-ethyl adjacent to an activating group) is 1. The van der Waals surface area contributed by atoms with E-state index in [-0.39, 0.29) is 0 Å². The largest absolute Gasteiger partial charge is 0.351 e. The predicted octanol–water partition coefficient (Wildman–Crippen LogP) is 2.81. The quantitative estimate of drug-likeness (QED) is 0.888. The number of nitrogens with one attached hydrogen (secondary N) is 1. The van der Waals surface area contributed by atoms with Crippen LogP contribution in [0.5, 0.6) is 0 Å². The van der Waals surface area contributed by atoms with Gasteiger partial charge in [0.2, 0.25) is 0 Å². The van der Waals surface area contributed by atoms with Gasteiger partial charge in [-0.2, -0.15) is 0 Å². The fraction of sp³-hybridized carbons (Fsp3) is 0.467. The van der Waals surface area contributed by atoms with Crippen molar-refractivity contribution in [1.82, 2.24) is 15.3 Å². The molecule has 2 heterocycles. The summed E-state index contributed by atoms with van der Waals surface area (Å²) in [6, 6.07) is 6.39. The van der Waals surface area contributed by atoms with E-state index in [4.69, 9.17) is 0 Å². The van der Waals surface area contributed by atoms with Gasteiger partial charge in [-0.25, -0.2) is 4.98 Å². The molecule has 1 N–H and O–H groups in total. The van der Waals surface area contributed by atoms with Crippen molar-refractivity contribution >= 4 is 16.5 Å². The maximum absolute atomic E-state index is 4.68. The molecule has 108 valence electrons. The summed E-state index contributed by atoms with van der Waals surface area (Å²) in [6.07, 6.45) is 2.78. The Kier molecular flexibility index (Phi) is 5.09. The van der Waals surface area contributed by atoms with E-state index in [0.29, 0.717) is 6.04 Å². The number of thiazole rings is 1. The summed E-state index contributed by atoms with van der Waals surface area (Å²) in [4.78, 5) is 12.5. The molecule has 0 radical (unpaired) electrons. The van der Waals surface area contributed by atoms with Crippen molar-refractivity contribution in [2.45, 2.75) is 26.3 Å². The summed E-state index contributed by atoms with van der Waals surface area (Å²) in [5.74, 6) is 0. The van der Waals surface area contributed by atoms with Crippen LogP contribution in [0.3, 0.4) is 0 Å². The zero-order valence-corrected chi connectivity index (χ0v) is 13.4. The van der Waals surface area contributed by atoms with Crippen molar-refractivity contribution in [3.05, 3.63) is 40.7 Å². The van der Waals surface area contributed by atoms with E-state index in [9.17, 15) is 0 Å². The van der Waals surface area contributed by atoms with Crippen LogP contribution in [0.15, 0.2) is 24.4 Å². The molecule has 1 atom stereocenters. The van der Waals surface area contributed by atoms with Gasteiger partial charge in [0, 0.05) is 42.8 Å². The second-order valence-corrected chi connectivity index (χ2v) is 5.96. The van der Waals surface area contributed by atoms with Crippen LogP contribution in [0.25, 0.3) is 0 Å². The van der Waals surface area contributed by atoms with Gasteiger partial charge in [0.05, 0.1) is 5.69 Å². The number of hydrogen-bond donors (Lipinski definition) is 1. The zero-order valence-electron chi connectivity index (χ0n) is 12.6. The molecule has 2 aromatic rings. The molecule has 0 saturated carbocycles. The average molecular weight is 290 g/mol. The number of aryl methyl sites for hydroxylation is 1. The average Bonchev–Trinajstić information content (AvgIpc) is 2.87. The van der Waals surface area contributed by atoms with Gasteiger partial charge in [-0.05, 0) is 33.0 Å². The molecule has 2 aromatic heterocycles. The minimum absolute atomic E-state index is 0.352. The smallest absolute Gasteiger partial charge is 0.185 e. The summed E-state index contributed by atoms with van der Waals surface area (Å²) in [6.45, 7) is 5.17. The SMILES string of the molecule is CNC(C)c1sc(N(C)CCc2ccccn2)nc1C. The minimum Gasteiger partial charge on any atom is -0.351 e. The van der Waals surface area contributed by atoms with Crippen LogP contribution in [0.1, 0.15) is 29.2 Å². The lowest BCUT2D eigenvalue weighted by Crippen LogP contribution is -2.20. The molecule has 1 unspecified atom stereocenters. The Labute approximate surface area is 124 Å². The van der Waals surface area contributed by atoms with Crippen molar-refractivity contribution in [1.29, 1.82) is 0 Å². The van der Waals surface area contributed by atoms with Crippen molar-refractivity contribution in [2.75, 3.05) is 25.5 Å². The predicted molar refractivity (Wildman–Crippen MR) is 85.5 cm³/mol. The van der Waals surface area contributed by atoms with Crippen LogP contribution in [0.2, 0.25) is 0 Å². The van der Waals surface area contributed by atoms with Crippen LogP contribution in [0, 0.1) is 6.92 Å². The third-order valence-corrected chi connectivity index (χ3v) is 4.86. The van der Waals surface area contributed by atoms with Gasteiger partial charge in [0.15, 0.2) is 5.13 Å². The van der Waals surface area contributed by atoms with Crippen LogP contribution in [0.4, 0.5) is 5.13 Å². The van der Waals surface area contributed by atoms with Crippen molar-refractivity contribution in [3.63, 3.8) is 0 Å². The summed E-state index contributed by atoms with van der Waals surface area (Å²) in [5, 5.41) is 4.35. The molecule has 0 aliphatic carbocycles. The summed E-state index contributed by atoms with van der Waals surface area (Å²) in [7, 11) is 4.07. The standard InChI is InChI=1S/C15H22N4S/c1-11(16-3)14-12(2)18-15(20-14)19(4)10-8-13-7-5-6-9-17-13/h5-7,9,11,16H,8,10H2,1-4H3. The first-order chi connectivity index (χ1) is 9.61. The van der Waals surface area contributed by atoms with Gasteiger partial charge in [-0.1, -0.05) is 6.07 Å². The third-order valence-electron chi connectivity index (χ3n) is 3.40. The van der Waals surface area contributed by atoms with Gasteiger partial charge < -0.3 is 10.2 Å². The molecule has 0 aliphatic heterocycles. The van der Waals surface area contributed by atoms with Crippen LogP contribution >= 0.6 is 11.3 Å². The van der Waals surface area contributed by atoms with Gasteiger partial charge in [0.1, 0.15) is 0 Å². The molecule has 0 saturated heterocycles. The zero-order chi connectivity index (χ0) is 14.5. The Balaban J connectivity index is 2.01. The molecule has 5 heteroatoms. The maximum atomic E-state index is 4.68. The first-order valence-corrected chi connectivity index (χ1v) is 7.69. The first kappa shape index (κ1) is 14.9. The fourth-order valence-corrected chi connectivity index (χ4v) is 3.13. The van der Waals surface area contributed by atoms with E-state index in [1.807, 2.05) is 25.4 Å². The van der Waals surface area contributed by atoms with Crippen molar-refractivity contribution in [3.8, 4) is 0 Å². The van der Waals surface area contributed by atoms with E-state index in [1.54, 1.807) is 11.3 Å². The summed E-state index contributed by atoms with van der Waals surface area (Å²) < 4.78 is 0. The van der Waals surface area contributed by atoms with Gasteiger partial charge in [0.25, 0.3) is 0 Å². The number of rotatable bonds is 6. The number of hydrogen-bond acceptors (Lipinski definition) is 5. The molecule has 20 heavy (non-hydrogen) atoms. The topological polar surface area (TPSA) is 41.0 Å². The Bertz CT molecular complexity index is 538. The number of anilines is 1. The van der Waals surface area contributed by atoms with E-state index in [2.05, 4.69) is 47.1 Å². The lowest BCUT2D eigenvalue weighted by Gasteiger charge is -2.15. The van der Waals surface area contributed by atoms with Crippen LogP contribution < -0.4 is 10.2 Å². The highest BCUT2D eigenvalue weighted by Gasteiger charge is 2.15. The lowest BCUT2D eigenvalue weighted by molar-refractivity contribution is 0.658. The first-order valence-electron chi connectivity index (χ1n) is 6.87. The fourth-order valence-electron chi connectivity index (χ4n) is 2.01. The van der Waals surface area contributed by atoms with Crippen LogP contribution in [-0.4, -0.2) is 30.6 Å². The van der Waals surface area contributed by atoms with Crippen molar-refractivity contribution in [2.24, 2.45) is 0 Å². The molecular weight excluding hydrogens is 268 g/mol. The molecule has 0 bridgehead atoms. The maximum Gasteiger partial charge on any atom is 0.185 e. The van der Waals surface area contributed by atoms with Gasteiger partial charge in [-0.3, -0.25) is 4.98 Å². The second kappa shape index (κ2) is 6.81. The third kappa shape index (κ3) is 3.55. The van der Waals surface area contributed by atoms with E-state index >= 15 is 0 Å². The van der Waals surface area contributed by atoms with E-state index < -0.39 is 0 Å². The van der Waals surface area contributed by atoms with Crippen LogP contribution in [-0.2, 0) is 6.42 Å². The lowest BCUT2D eigenvalue weighted by atomic mass is 10.2. The van der Waals surface area contributed by atoms with Gasteiger partial charge >= 0.3 is 0 Å². The Hall–Kier alpha value is -1.46.